The van der Waals surface area contributed by atoms with Crippen molar-refractivity contribution < 1.29 is 29.0 Å². The highest BCUT2D eigenvalue weighted by Crippen LogP contribution is 2.34. The summed E-state index contributed by atoms with van der Waals surface area (Å²) in [6.07, 6.45) is 1.15. The third-order valence-corrected chi connectivity index (χ3v) is 3.94. The van der Waals surface area contributed by atoms with Crippen LogP contribution in [0.4, 0.5) is 4.79 Å². The second-order valence-corrected chi connectivity index (χ2v) is 6.23. The van der Waals surface area contributed by atoms with E-state index in [-0.39, 0.29) is 16.8 Å². The second kappa shape index (κ2) is 7.39. The molecule has 128 valence electrons. The Morgan fingerprint density at radius 3 is 2.67 bits per heavy atom. The van der Waals surface area contributed by atoms with Crippen molar-refractivity contribution in [2.45, 2.75) is 20.0 Å². The smallest absolute Gasteiger partial charge is 0.326 e. The van der Waals surface area contributed by atoms with E-state index >= 15 is 0 Å². The molecule has 1 heterocycles. The summed E-state index contributed by atoms with van der Waals surface area (Å²) in [6, 6.07) is 4.60. The number of phenols is 1. The highest BCUT2D eigenvalue weighted by atomic mass is 32.2. The highest BCUT2D eigenvalue weighted by Gasteiger charge is 2.36. The molecule has 1 N–H and O–H groups in total. The summed E-state index contributed by atoms with van der Waals surface area (Å²) in [7, 11) is 1.43. The normalized spacial score (nSPS) is 16.2. The van der Waals surface area contributed by atoms with Crippen LogP contribution in [0, 0.1) is 0 Å². The molecule has 0 unspecified atom stereocenters. The van der Waals surface area contributed by atoms with Gasteiger partial charge in [0.15, 0.2) is 11.5 Å². The summed E-state index contributed by atoms with van der Waals surface area (Å²) in [5, 5.41) is 9.22. The van der Waals surface area contributed by atoms with E-state index in [4.69, 9.17) is 9.47 Å². The van der Waals surface area contributed by atoms with Gasteiger partial charge in [0.1, 0.15) is 6.54 Å². The van der Waals surface area contributed by atoms with Gasteiger partial charge < -0.3 is 14.6 Å². The number of esters is 1. The fraction of sp³-hybridized carbons (Fsp3) is 0.312. The van der Waals surface area contributed by atoms with Crippen molar-refractivity contribution in [3.05, 3.63) is 28.7 Å². The van der Waals surface area contributed by atoms with Crippen molar-refractivity contribution in [1.29, 1.82) is 0 Å². The molecule has 0 bridgehead atoms. The van der Waals surface area contributed by atoms with Gasteiger partial charge in [0, 0.05) is 0 Å². The minimum atomic E-state index is -0.643. The van der Waals surface area contributed by atoms with Crippen LogP contribution in [0.1, 0.15) is 19.4 Å². The zero-order valence-corrected chi connectivity index (χ0v) is 14.3. The number of imide groups is 1. The number of rotatable bonds is 5. The van der Waals surface area contributed by atoms with Gasteiger partial charge in [-0.25, -0.2) is 0 Å². The van der Waals surface area contributed by atoms with Crippen LogP contribution in [0.25, 0.3) is 6.08 Å². The van der Waals surface area contributed by atoms with Crippen LogP contribution in [0.3, 0.4) is 0 Å². The number of methoxy groups -OCH3 is 1. The average molecular weight is 351 g/mol. The molecule has 0 radical (unpaired) electrons. The lowest BCUT2D eigenvalue weighted by atomic mass is 10.2. The number of aromatic hydroxyl groups is 1. The third-order valence-electron chi connectivity index (χ3n) is 3.03. The van der Waals surface area contributed by atoms with E-state index in [9.17, 15) is 19.5 Å². The van der Waals surface area contributed by atoms with Crippen LogP contribution in [0.2, 0.25) is 0 Å². The van der Waals surface area contributed by atoms with E-state index in [0.29, 0.717) is 11.3 Å². The Labute approximate surface area is 143 Å². The van der Waals surface area contributed by atoms with Gasteiger partial charge in [0.05, 0.1) is 18.1 Å². The molecule has 0 aliphatic carbocycles. The van der Waals surface area contributed by atoms with Gasteiger partial charge in [-0.1, -0.05) is 6.07 Å². The van der Waals surface area contributed by atoms with Gasteiger partial charge in [0.25, 0.3) is 11.1 Å². The lowest BCUT2D eigenvalue weighted by molar-refractivity contribution is -0.149. The molecule has 0 aromatic heterocycles. The fourth-order valence-corrected chi connectivity index (χ4v) is 2.85. The number of hydrogen-bond donors (Lipinski definition) is 1. The molecule has 1 aliphatic rings. The molecule has 1 aliphatic heterocycles. The minimum Gasteiger partial charge on any atom is -0.504 e. The highest BCUT2D eigenvalue weighted by molar-refractivity contribution is 8.18. The molecule has 24 heavy (non-hydrogen) atoms. The predicted molar refractivity (Wildman–Crippen MR) is 88.6 cm³/mol. The summed E-state index contributed by atoms with van der Waals surface area (Å²) < 4.78 is 9.89. The molecular weight excluding hydrogens is 334 g/mol. The quantitative estimate of drug-likeness (QED) is 0.643. The first-order valence-electron chi connectivity index (χ1n) is 7.13. The first kappa shape index (κ1) is 17.9. The SMILES string of the molecule is COc1ccc(/C=C2\SC(=O)N(CC(=O)OC(C)C)C2=O)cc1O. The third kappa shape index (κ3) is 4.08. The predicted octanol–water partition coefficient (Wildman–Crippen LogP) is 2.39. The number of carbonyl (C=O) groups is 3. The number of hydrogen-bond acceptors (Lipinski definition) is 7. The van der Waals surface area contributed by atoms with Crippen molar-refractivity contribution in [3.63, 3.8) is 0 Å². The van der Waals surface area contributed by atoms with E-state index in [1.54, 1.807) is 26.0 Å². The summed E-state index contributed by atoms with van der Waals surface area (Å²) >= 11 is 0.731. The van der Waals surface area contributed by atoms with Gasteiger partial charge in [-0.15, -0.1) is 0 Å². The van der Waals surface area contributed by atoms with Crippen molar-refractivity contribution in [3.8, 4) is 11.5 Å². The Hall–Kier alpha value is -2.48. The molecule has 1 aromatic carbocycles. The summed E-state index contributed by atoms with van der Waals surface area (Å²) in [6.45, 7) is 2.94. The molecule has 0 spiro atoms. The zero-order valence-electron chi connectivity index (χ0n) is 13.4. The lowest BCUT2D eigenvalue weighted by Gasteiger charge is -2.13. The molecular formula is C16H17NO6S. The average Bonchev–Trinajstić information content (AvgIpc) is 2.74. The van der Waals surface area contributed by atoms with Crippen molar-refractivity contribution >= 4 is 35.0 Å². The van der Waals surface area contributed by atoms with Crippen LogP contribution in [0.5, 0.6) is 11.5 Å². The Kier molecular flexibility index (Phi) is 5.50. The molecule has 0 saturated carbocycles. The number of carbonyl (C=O) groups excluding carboxylic acids is 3. The number of nitrogens with zero attached hydrogens (tertiary/aromatic N) is 1. The summed E-state index contributed by atoms with van der Waals surface area (Å²) in [5.74, 6) is -0.987. The number of phenolic OH excluding ortho intramolecular Hbond substituents is 1. The van der Waals surface area contributed by atoms with Gasteiger partial charge in [-0.3, -0.25) is 19.3 Å². The van der Waals surface area contributed by atoms with Gasteiger partial charge in [0.2, 0.25) is 0 Å². The molecule has 1 aromatic rings. The van der Waals surface area contributed by atoms with Crippen LogP contribution in [-0.2, 0) is 14.3 Å². The number of amides is 2. The standard InChI is InChI=1S/C16H17NO6S/c1-9(2)23-14(19)8-17-15(20)13(24-16(17)21)7-10-4-5-12(22-3)11(18)6-10/h4-7,9,18H,8H2,1-3H3/b13-7-. The maximum absolute atomic E-state index is 12.3. The second-order valence-electron chi connectivity index (χ2n) is 5.24. The van der Waals surface area contributed by atoms with E-state index < -0.39 is 23.7 Å². The Balaban J connectivity index is 2.15. The van der Waals surface area contributed by atoms with Crippen molar-refractivity contribution in [1.82, 2.24) is 4.90 Å². The summed E-state index contributed by atoms with van der Waals surface area (Å²) in [5.41, 5.74) is 0.531. The van der Waals surface area contributed by atoms with E-state index in [0.717, 1.165) is 16.7 Å². The molecule has 7 nitrogen and oxygen atoms in total. The first-order valence-corrected chi connectivity index (χ1v) is 7.95. The maximum Gasteiger partial charge on any atom is 0.326 e. The number of ether oxygens (including phenoxy) is 2. The van der Waals surface area contributed by atoms with Crippen LogP contribution in [-0.4, -0.2) is 46.9 Å². The Morgan fingerprint density at radius 2 is 2.08 bits per heavy atom. The summed E-state index contributed by atoms with van der Waals surface area (Å²) in [4.78, 5) is 36.8. The number of benzene rings is 1. The van der Waals surface area contributed by atoms with Gasteiger partial charge in [-0.05, 0) is 49.4 Å². The fourth-order valence-electron chi connectivity index (χ4n) is 2.01. The molecule has 2 amide bonds. The van der Waals surface area contributed by atoms with Crippen molar-refractivity contribution in [2.24, 2.45) is 0 Å². The maximum atomic E-state index is 12.3. The van der Waals surface area contributed by atoms with E-state index in [1.807, 2.05) is 0 Å². The zero-order chi connectivity index (χ0) is 17.9. The number of thioether (sulfide) groups is 1. The molecule has 0 atom stereocenters. The van der Waals surface area contributed by atoms with Gasteiger partial charge in [-0.2, -0.15) is 0 Å². The largest absolute Gasteiger partial charge is 0.504 e. The van der Waals surface area contributed by atoms with Crippen LogP contribution in [0.15, 0.2) is 23.1 Å². The monoisotopic (exact) mass is 351 g/mol. The first-order chi connectivity index (χ1) is 11.3. The topological polar surface area (TPSA) is 93.1 Å². The molecule has 8 heteroatoms. The van der Waals surface area contributed by atoms with Crippen LogP contribution < -0.4 is 4.74 Å². The van der Waals surface area contributed by atoms with Crippen molar-refractivity contribution in [2.75, 3.05) is 13.7 Å². The van der Waals surface area contributed by atoms with E-state index in [1.165, 1.54) is 19.3 Å². The van der Waals surface area contributed by atoms with Crippen LogP contribution >= 0.6 is 11.8 Å². The van der Waals surface area contributed by atoms with E-state index in [2.05, 4.69) is 0 Å². The Morgan fingerprint density at radius 1 is 1.38 bits per heavy atom. The molecule has 1 fully saturated rings. The minimum absolute atomic E-state index is 0.0778. The molecule has 1 saturated heterocycles. The Bertz CT molecular complexity index is 713. The molecule has 2 rings (SSSR count). The van der Waals surface area contributed by atoms with Gasteiger partial charge >= 0.3 is 5.97 Å². The lowest BCUT2D eigenvalue weighted by Crippen LogP contribution is -2.35.